The van der Waals surface area contributed by atoms with E-state index in [1.165, 1.54) is 0 Å². The number of aromatic nitrogens is 1. The van der Waals surface area contributed by atoms with E-state index in [1.807, 2.05) is 24.4 Å². The van der Waals surface area contributed by atoms with Gasteiger partial charge in [-0.1, -0.05) is 19.9 Å². The highest BCUT2D eigenvalue weighted by molar-refractivity contribution is 5.78. The van der Waals surface area contributed by atoms with E-state index in [-0.39, 0.29) is 11.9 Å². The molecule has 1 aliphatic rings. The molecule has 0 radical (unpaired) electrons. The summed E-state index contributed by atoms with van der Waals surface area (Å²) in [4.78, 5) is 21.0. The number of nitrogens with zero attached hydrogens (tertiary/aromatic N) is 3. The second-order valence-corrected chi connectivity index (χ2v) is 6.58. The van der Waals surface area contributed by atoms with Gasteiger partial charge in [-0.25, -0.2) is 4.98 Å². The highest BCUT2D eigenvalue weighted by atomic mass is 16.2. The maximum atomic E-state index is 12.2. The van der Waals surface area contributed by atoms with Gasteiger partial charge in [-0.15, -0.1) is 0 Å². The summed E-state index contributed by atoms with van der Waals surface area (Å²) in [5.41, 5.74) is 5.74. The molecule has 0 spiro atoms. The lowest BCUT2D eigenvalue weighted by Crippen LogP contribution is -2.51. The molecule has 2 heterocycles. The number of hydrogen-bond donors (Lipinski definition) is 2. The first kappa shape index (κ1) is 17.7. The van der Waals surface area contributed by atoms with Crippen molar-refractivity contribution in [3.05, 3.63) is 24.4 Å². The standard InChI is InChI=1S/C17H29N5O/c1-14(2)11-15(12-18)20-17(23)13-21-7-9-22(10-8-21)16-5-3-4-6-19-16/h3-6,14-15H,7-13,18H2,1-2H3,(H,20,23). The molecule has 1 aliphatic heterocycles. The zero-order chi connectivity index (χ0) is 16.7. The third-order valence-electron chi connectivity index (χ3n) is 4.12. The summed E-state index contributed by atoms with van der Waals surface area (Å²) in [7, 11) is 0. The van der Waals surface area contributed by atoms with E-state index in [0.29, 0.717) is 19.0 Å². The van der Waals surface area contributed by atoms with Crippen molar-refractivity contribution in [1.29, 1.82) is 0 Å². The second kappa shape index (κ2) is 8.84. The molecule has 128 valence electrons. The molecule has 1 aromatic rings. The summed E-state index contributed by atoms with van der Waals surface area (Å²) >= 11 is 0. The van der Waals surface area contributed by atoms with Crippen LogP contribution in [0.25, 0.3) is 0 Å². The Morgan fingerprint density at radius 1 is 1.30 bits per heavy atom. The van der Waals surface area contributed by atoms with Gasteiger partial charge in [0.05, 0.1) is 6.54 Å². The second-order valence-electron chi connectivity index (χ2n) is 6.58. The van der Waals surface area contributed by atoms with Crippen molar-refractivity contribution in [2.45, 2.75) is 26.3 Å². The minimum absolute atomic E-state index is 0.0763. The van der Waals surface area contributed by atoms with Gasteiger partial charge < -0.3 is 16.0 Å². The summed E-state index contributed by atoms with van der Waals surface area (Å²) in [5.74, 6) is 1.62. The molecule has 0 aromatic carbocycles. The van der Waals surface area contributed by atoms with E-state index in [0.717, 1.165) is 38.4 Å². The topological polar surface area (TPSA) is 74.5 Å². The van der Waals surface area contributed by atoms with E-state index < -0.39 is 0 Å². The Bertz CT molecular complexity index is 471. The van der Waals surface area contributed by atoms with Crippen LogP contribution >= 0.6 is 0 Å². The first-order valence-corrected chi connectivity index (χ1v) is 8.46. The molecule has 1 atom stereocenters. The van der Waals surface area contributed by atoms with Crippen LogP contribution in [0.4, 0.5) is 5.82 Å². The van der Waals surface area contributed by atoms with Crippen molar-refractivity contribution in [2.24, 2.45) is 11.7 Å². The average Bonchev–Trinajstić information content (AvgIpc) is 2.55. The monoisotopic (exact) mass is 319 g/mol. The molecule has 23 heavy (non-hydrogen) atoms. The van der Waals surface area contributed by atoms with Gasteiger partial charge in [0.1, 0.15) is 5.82 Å². The molecule has 0 aliphatic carbocycles. The third kappa shape index (κ3) is 5.80. The Labute approximate surface area is 139 Å². The van der Waals surface area contributed by atoms with Crippen molar-refractivity contribution in [1.82, 2.24) is 15.2 Å². The van der Waals surface area contributed by atoms with Crippen molar-refractivity contribution in [3.63, 3.8) is 0 Å². The zero-order valence-electron chi connectivity index (χ0n) is 14.2. The highest BCUT2D eigenvalue weighted by Crippen LogP contribution is 2.12. The first-order valence-electron chi connectivity index (χ1n) is 8.46. The van der Waals surface area contributed by atoms with Crippen molar-refractivity contribution < 1.29 is 4.79 Å². The molecule has 6 nitrogen and oxygen atoms in total. The summed E-state index contributed by atoms with van der Waals surface area (Å²) in [6.07, 6.45) is 2.74. The first-order chi connectivity index (χ1) is 11.1. The van der Waals surface area contributed by atoms with Gasteiger partial charge in [0.2, 0.25) is 5.91 Å². The lowest BCUT2D eigenvalue weighted by molar-refractivity contribution is -0.123. The smallest absolute Gasteiger partial charge is 0.234 e. The molecule has 1 amide bonds. The van der Waals surface area contributed by atoms with Crippen LogP contribution in [0.5, 0.6) is 0 Å². The van der Waals surface area contributed by atoms with Crippen molar-refractivity contribution in [2.75, 3.05) is 44.2 Å². The molecule has 6 heteroatoms. The number of carbonyl (C=O) groups excluding carboxylic acids is 1. The molecule has 0 bridgehead atoms. The van der Waals surface area contributed by atoms with Gasteiger partial charge in [0, 0.05) is 45.0 Å². The number of anilines is 1. The number of piperazine rings is 1. The lowest BCUT2D eigenvalue weighted by atomic mass is 10.0. The minimum atomic E-state index is 0.0763. The van der Waals surface area contributed by atoms with Gasteiger partial charge in [0.15, 0.2) is 0 Å². The number of rotatable bonds is 7. The fourth-order valence-electron chi connectivity index (χ4n) is 2.94. The van der Waals surface area contributed by atoms with E-state index in [4.69, 9.17) is 5.73 Å². The summed E-state index contributed by atoms with van der Waals surface area (Å²) in [5, 5.41) is 3.06. The van der Waals surface area contributed by atoms with Crippen LogP contribution in [-0.2, 0) is 4.79 Å². The summed E-state index contributed by atoms with van der Waals surface area (Å²) in [6, 6.07) is 6.04. The molecular formula is C17H29N5O. The van der Waals surface area contributed by atoms with Gasteiger partial charge >= 0.3 is 0 Å². The largest absolute Gasteiger partial charge is 0.354 e. The Hall–Kier alpha value is -1.66. The third-order valence-corrected chi connectivity index (χ3v) is 4.12. The molecule has 3 N–H and O–H groups in total. The van der Waals surface area contributed by atoms with E-state index in [1.54, 1.807) is 0 Å². The predicted octanol–water partition coefficient (Wildman–Crippen LogP) is 0.693. The zero-order valence-corrected chi connectivity index (χ0v) is 14.2. The maximum absolute atomic E-state index is 12.2. The predicted molar refractivity (Wildman–Crippen MR) is 93.3 cm³/mol. The van der Waals surface area contributed by atoms with Crippen LogP contribution < -0.4 is 16.0 Å². The van der Waals surface area contributed by atoms with Crippen molar-refractivity contribution in [3.8, 4) is 0 Å². The normalized spacial score (nSPS) is 17.3. The number of amides is 1. The molecule has 1 saturated heterocycles. The fourth-order valence-corrected chi connectivity index (χ4v) is 2.94. The molecule has 1 fully saturated rings. The Morgan fingerprint density at radius 3 is 2.61 bits per heavy atom. The lowest BCUT2D eigenvalue weighted by Gasteiger charge is -2.35. The Kier molecular flexibility index (Phi) is 6.80. The SMILES string of the molecule is CC(C)CC(CN)NC(=O)CN1CCN(c2ccccn2)CC1. The minimum Gasteiger partial charge on any atom is -0.354 e. The summed E-state index contributed by atoms with van der Waals surface area (Å²) < 4.78 is 0. The van der Waals surface area contributed by atoms with E-state index in [9.17, 15) is 4.79 Å². The highest BCUT2D eigenvalue weighted by Gasteiger charge is 2.20. The molecule has 2 rings (SSSR count). The van der Waals surface area contributed by atoms with E-state index in [2.05, 4.69) is 33.9 Å². The molecule has 0 saturated carbocycles. The quantitative estimate of drug-likeness (QED) is 0.773. The fraction of sp³-hybridized carbons (Fsp3) is 0.647. The van der Waals surface area contributed by atoms with Crippen LogP contribution in [0.2, 0.25) is 0 Å². The number of carbonyl (C=O) groups is 1. The van der Waals surface area contributed by atoms with Gasteiger partial charge in [-0.05, 0) is 24.5 Å². The van der Waals surface area contributed by atoms with E-state index >= 15 is 0 Å². The van der Waals surface area contributed by atoms with Crippen LogP contribution in [0.1, 0.15) is 20.3 Å². The van der Waals surface area contributed by atoms with Gasteiger partial charge in [-0.3, -0.25) is 9.69 Å². The number of nitrogens with two attached hydrogens (primary N) is 1. The average molecular weight is 319 g/mol. The molecule has 1 unspecified atom stereocenters. The number of nitrogens with one attached hydrogen (secondary N) is 1. The Morgan fingerprint density at radius 2 is 2.04 bits per heavy atom. The maximum Gasteiger partial charge on any atom is 0.234 e. The summed E-state index contributed by atoms with van der Waals surface area (Å²) in [6.45, 7) is 8.79. The van der Waals surface area contributed by atoms with Crippen molar-refractivity contribution >= 4 is 11.7 Å². The molecular weight excluding hydrogens is 290 g/mol. The van der Waals surface area contributed by atoms with Gasteiger partial charge in [0.25, 0.3) is 0 Å². The Balaban J connectivity index is 1.74. The number of hydrogen-bond acceptors (Lipinski definition) is 5. The van der Waals surface area contributed by atoms with Crippen LogP contribution in [0.15, 0.2) is 24.4 Å². The number of pyridine rings is 1. The molecule has 1 aromatic heterocycles. The van der Waals surface area contributed by atoms with Gasteiger partial charge in [-0.2, -0.15) is 0 Å². The van der Waals surface area contributed by atoms with Crippen LogP contribution in [0, 0.1) is 5.92 Å². The van der Waals surface area contributed by atoms with Crippen LogP contribution in [-0.4, -0.2) is 61.1 Å². The van der Waals surface area contributed by atoms with Crippen LogP contribution in [0.3, 0.4) is 0 Å².